The molecule has 0 aliphatic carbocycles. The van der Waals surface area contributed by atoms with E-state index in [0.717, 1.165) is 5.69 Å². The molecule has 3 rings (SSSR count). The van der Waals surface area contributed by atoms with Gasteiger partial charge in [0.25, 0.3) is 5.91 Å². The molecule has 124 valence electrons. The predicted octanol–water partition coefficient (Wildman–Crippen LogP) is 2.67. The lowest BCUT2D eigenvalue weighted by atomic mass is 10.2. The number of nitrogens with one attached hydrogen (secondary N) is 1. The monoisotopic (exact) mass is 344 g/mol. The lowest BCUT2D eigenvalue weighted by Crippen LogP contribution is -2.21. The molecule has 2 aromatic heterocycles. The molecule has 6 nitrogen and oxygen atoms in total. The summed E-state index contributed by atoms with van der Waals surface area (Å²) in [5.74, 6) is -0.324. The summed E-state index contributed by atoms with van der Waals surface area (Å²) < 4.78 is 1.65. The first-order valence-corrected chi connectivity index (χ1v) is 7.84. The van der Waals surface area contributed by atoms with Crippen LogP contribution in [-0.4, -0.2) is 40.6 Å². The van der Waals surface area contributed by atoms with Crippen LogP contribution in [0.5, 0.6) is 0 Å². The van der Waals surface area contributed by atoms with E-state index in [9.17, 15) is 4.79 Å². The van der Waals surface area contributed by atoms with Crippen molar-refractivity contribution in [1.82, 2.24) is 9.38 Å². The molecule has 0 saturated carbocycles. The van der Waals surface area contributed by atoms with Gasteiger partial charge in [-0.2, -0.15) is 0 Å². The van der Waals surface area contributed by atoms with Crippen LogP contribution in [0.3, 0.4) is 0 Å². The van der Waals surface area contributed by atoms with Crippen molar-refractivity contribution in [2.24, 2.45) is 0 Å². The maximum atomic E-state index is 12.5. The molecule has 24 heavy (non-hydrogen) atoms. The molecule has 7 heteroatoms. The zero-order valence-electron chi connectivity index (χ0n) is 13.1. The second-order valence-corrected chi connectivity index (χ2v) is 5.68. The van der Waals surface area contributed by atoms with Crippen LogP contribution in [0.25, 0.3) is 5.65 Å². The topological polar surface area (TPSA) is 69.9 Å². The van der Waals surface area contributed by atoms with Gasteiger partial charge in [-0.25, -0.2) is 4.98 Å². The zero-order valence-corrected chi connectivity index (χ0v) is 13.9. The van der Waals surface area contributed by atoms with Gasteiger partial charge in [0.2, 0.25) is 0 Å². The Morgan fingerprint density at radius 2 is 2.04 bits per heavy atom. The van der Waals surface area contributed by atoms with Gasteiger partial charge in [-0.3, -0.25) is 9.20 Å². The molecule has 0 bridgehead atoms. The quantitative estimate of drug-likeness (QED) is 0.746. The summed E-state index contributed by atoms with van der Waals surface area (Å²) in [6.45, 7) is 0.630. The summed E-state index contributed by atoms with van der Waals surface area (Å²) >= 11 is 6.11. The van der Waals surface area contributed by atoms with Gasteiger partial charge in [0.05, 0.1) is 6.61 Å². The largest absolute Gasteiger partial charge is 0.395 e. The Morgan fingerprint density at radius 3 is 2.75 bits per heavy atom. The molecular formula is C17H17ClN4O2. The molecule has 1 aromatic carbocycles. The number of carbonyl (C=O) groups is 1. The summed E-state index contributed by atoms with van der Waals surface area (Å²) in [6.07, 6.45) is 1.75. The molecule has 0 aliphatic rings. The number of nitrogens with zero attached hydrogens (tertiary/aromatic N) is 3. The molecule has 0 spiro atoms. The Morgan fingerprint density at radius 1 is 1.29 bits per heavy atom. The van der Waals surface area contributed by atoms with Crippen LogP contribution >= 0.6 is 11.6 Å². The van der Waals surface area contributed by atoms with Crippen molar-refractivity contribution in [3.63, 3.8) is 0 Å². The van der Waals surface area contributed by atoms with Crippen LogP contribution in [-0.2, 0) is 0 Å². The van der Waals surface area contributed by atoms with Crippen molar-refractivity contribution >= 4 is 34.5 Å². The molecule has 0 radical (unpaired) electrons. The van der Waals surface area contributed by atoms with Crippen molar-refractivity contribution in [2.75, 3.05) is 30.4 Å². The van der Waals surface area contributed by atoms with Gasteiger partial charge in [0.1, 0.15) is 5.65 Å². The Labute approximate surface area is 144 Å². The van der Waals surface area contributed by atoms with E-state index >= 15 is 0 Å². The zero-order chi connectivity index (χ0) is 17.1. The van der Waals surface area contributed by atoms with Crippen LogP contribution in [0.4, 0.5) is 11.4 Å². The number of carbonyl (C=O) groups excluding carboxylic acids is 1. The number of hydrogen-bond acceptors (Lipinski definition) is 4. The Balaban J connectivity index is 1.80. The smallest absolute Gasteiger partial charge is 0.275 e. The van der Waals surface area contributed by atoms with E-state index in [1.165, 1.54) is 0 Å². The fourth-order valence-corrected chi connectivity index (χ4v) is 2.70. The first-order valence-electron chi connectivity index (χ1n) is 7.46. The van der Waals surface area contributed by atoms with Crippen molar-refractivity contribution in [2.45, 2.75) is 0 Å². The van der Waals surface area contributed by atoms with Crippen LogP contribution < -0.4 is 10.2 Å². The lowest BCUT2D eigenvalue weighted by Gasteiger charge is -2.18. The number of imidazole rings is 1. The third-order valence-corrected chi connectivity index (χ3v) is 3.97. The summed E-state index contributed by atoms with van der Waals surface area (Å²) in [7, 11) is 1.89. The van der Waals surface area contributed by atoms with E-state index < -0.39 is 0 Å². The minimum atomic E-state index is -0.324. The molecule has 2 heterocycles. The van der Waals surface area contributed by atoms with Crippen molar-refractivity contribution in [3.05, 3.63) is 59.5 Å². The molecule has 0 unspecified atom stereocenters. The second kappa shape index (κ2) is 6.90. The maximum absolute atomic E-state index is 12.5. The number of aliphatic hydroxyl groups is 1. The number of benzene rings is 1. The first-order chi connectivity index (χ1) is 11.6. The van der Waals surface area contributed by atoms with E-state index in [-0.39, 0.29) is 17.7 Å². The fourth-order valence-electron chi connectivity index (χ4n) is 2.44. The predicted molar refractivity (Wildman–Crippen MR) is 95.0 cm³/mol. The number of likely N-dealkylation sites (N-methyl/N-ethyl adjacent to an activating group) is 1. The maximum Gasteiger partial charge on any atom is 0.275 e. The number of halogens is 1. The minimum Gasteiger partial charge on any atom is -0.395 e. The second-order valence-electron chi connectivity index (χ2n) is 5.33. The van der Waals surface area contributed by atoms with Gasteiger partial charge in [0.15, 0.2) is 10.8 Å². The number of rotatable bonds is 5. The van der Waals surface area contributed by atoms with Crippen LogP contribution in [0.2, 0.25) is 5.15 Å². The third-order valence-electron chi connectivity index (χ3n) is 3.70. The van der Waals surface area contributed by atoms with E-state index in [4.69, 9.17) is 16.7 Å². The van der Waals surface area contributed by atoms with Crippen LogP contribution in [0.1, 0.15) is 10.5 Å². The summed E-state index contributed by atoms with van der Waals surface area (Å²) in [5.41, 5.74) is 2.53. The van der Waals surface area contributed by atoms with Crippen LogP contribution in [0, 0.1) is 0 Å². The van der Waals surface area contributed by atoms with E-state index in [0.29, 0.717) is 23.6 Å². The first kappa shape index (κ1) is 16.3. The number of pyridine rings is 1. The number of hydrogen-bond donors (Lipinski definition) is 2. The molecule has 0 aliphatic heterocycles. The number of amides is 1. The SMILES string of the molecule is CN(CCO)c1ccc(NC(=O)c2c(Cl)nc3ccccn23)cc1. The van der Waals surface area contributed by atoms with Gasteiger partial charge in [-0.1, -0.05) is 17.7 Å². The molecule has 2 N–H and O–H groups in total. The van der Waals surface area contributed by atoms with Crippen molar-refractivity contribution < 1.29 is 9.90 Å². The fraction of sp³-hybridized carbons (Fsp3) is 0.176. The van der Waals surface area contributed by atoms with Crippen molar-refractivity contribution in [1.29, 1.82) is 0 Å². The lowest BCUT2D eigenvalue weighted by molar-refractivity contribution is 0.102. The highest BCUT2D eigenvalue weighted by molar-refractivity contribution is 6.33. The van der Waals surface area contributed by atoms with E-state index in [1.807, 2.05) is 36.2 Å². The molecule has 0 atom stereocenters. The summed E-state index contributed by atoms with van der Waals surface area (Å²) in [4.78, 5) is 18.6. The van der Waals surface area contributed by atoms with Gasteiger partial charge in [0, 0.05) is 31.2 Å². The Bertz CT molecular complexity index is 861. The summed E-state index contributed by atoms with van der Waals surface area (Å²) in [6, 6.07) is 12.8. The highest BCUT2D eigenvalue weighted by Gasteiger charge is 2.17. The third kappa shape index (κ3) is 3.20. The molecule has 0 fully saturated rings. The average molecular weight is 345 g/mol. The molecule has 1 amide bonds. The minimum absolute atomic E-state index is 0.0851. The molecule has 3 aromatic rings. The Kier molecular flexibility index (Phi) is 4.69. The van der Waals surface area contributed by atoms with Crippen LogP contribution in [0.15, 0.2) is 48.7 Å². The highest BCUT2D eigenvalue weighted by Crippen LogP contribution is 2.21. The van der Waals surface area contributed by atoms with Gasteiger partial charge < -0.3 is 15.3 Å². The van der Waals surface area contributed by atoms with Gasteiger partial charge in [-0.15, -0.1) is 0 Å². The van der Waals surface area contributed by atoms with E-state index in [2.05, 4.69) is 10.3 Å². The highest BCUT2D eigenvalue weighted by atomic mass is 35.5. The average Bonchev–Trinajstić information content (AvgIpc) is 2.91. The van der Waals surface area contributed by atoms with E-state index in [1.54, 1.807) is 28.8 Å². The van der Waals surface area contributed by atoms with Gasteiger partial charge >= 0.3 is 0 Å². The molecule has 0 saturated heterocycles. The normalized spacial score (nSPS) is 10.8. The summed E-state index contributed by atoms with van der Waals surface area (Å²) in [5, 5.41) is 12.0. The Hall–Kier alpha value is -2.57. The molecular weight excluding hydrogens is 328 g/mol. The number of aromatic nitrogens is 2. The number of aliphatic hydroxyl groups excluding tert-OH is 1. The number of fused-ring (bicyclic) bond motifs is 1. The standard InChI is InChI=1S/C17H17ClN4O2/c1-21(10-11-23)13-7-5-12(6-8-13)19-17(24)15-16(18)20-14-4-2-3-9-22(14)15/h2-9,23H,10-11H2,1H3,(H,19,24). The van der Waals surface area contributed by atoms with Crippen molar-refractivity contribution in [3.8, 4) is 0 Å². The van der Waals surface area contributed by atoms with Gasteiger partial charge in [-0.05, 0) is 36.4 Å². The number of anilines is 2.